The number of benzene rings is 8. The first-order chi connectivity index (χ1) is 42.1. The van der Waals surface area contributed by atoms with Crippen LogP contribution in [0.1, 0.15) is 239 Å². The summed E-state index contributed by atoms with van der Waals surface area (Å²) in [6, 6.07) is 55.3. The van der Waals surface area contributed by atoms with E-state index in [9.17, 15) is 0 Å². The lowest BCUT2D eigenvalue weighted by Gasteiger charge is -2.49. The van der Waals surface area contributed by atoms with Gasteiger partial charge in [0.1, 0.15) is 0 Å². The van der Waals surface area contributed by atoms with Crippen LogP contribution >= 0.6 is 11.3 Å². The maximum absolute atomic E-state index is 2.79. The molecule has 3 heterocycles. The number of nitrogens with zero attached hydrogens (tertiary/aromatic N) is 3. The van der Waals surface area contributed by atoms with E-state index in [-0.39, 0.29) is 55.4 Å². The second-order valence-corrected chi connectivity index (χ2v) is 36.4. The lowest BCUT2D eigenvalue weighted by molar-refractivity contribution is 0.332. The van der Waals surface area contributed by atoms with Gasteiger partial charge in [0.05, 0.1) is 5.69 Å². The molecular weight excluding hydrogens is 1110 g/mol. The summed E-state index contributed by atoms with van der Waals surface area (Å²) in [5.41, 5.74) is 30.2. The van der Waals surface area contributed by atoms with Crippen LogP contribution in [-0.4, -0.2) is 6.71 Å². The van der Waals surface area contributed by atoms with E-state index in [1.807, 2.05) is 11.3 Å². The minimum atomic E-state index is -0.0467. The van der Waals surface area contributed by atoms with Crippen LogP contribution in [0.15, 0.2) is 133 Å². The Labute approximate surface area is 544 Å². The van der Waals surface area contributed by atoms with Crippen molar-refractivity contribution in [1.29, 1.82) is 0 Å². The highest BCUT2D eigenvalue weighted by atomic mass is 32.1. The van der Waals surface area contributed by atoms with Crippen molar-refractivity contribution in [1.82, 2.24) is 0 Å². The smallest absolute Gasteiger partial charge is 0.252 e. The fourth-order valence-corrected chi connectivity index (χ4v) is 19.0. The molecule has 9 aromatic rings. The molecule has 0 amide bonds. The maximum atomic E-state index is 2.79. The molecule has 1 aromatic heterocycles. The summed E-state index contributed by atoms with van der Waals surface area (Å²) in [5, 5.41) is 2.62. The van der Waals surface area contributed by atoms with Gasteiger partial charge in [-0.05, 0) is 258 Å². The Morgan fingerprint density at radius 2 is 0.789 bits per heavy atom. The van der Waals surface area contributed by atoms with E-state index in [0.717, 1.165) is 44.2 Å². The first-order valence-electron chi connectivity index (χ1n) is 34.4. The highest BCUT2D eigenvalue weighted by Crippen LogP contribution is 2.57. The van der Waals surface area contributed by atoms with Crippen molar-refractivity contribution in [2.75, 3.05) is 14.7 Å². The average Bonchev–Trinajstić information content (AvgIpc) is 0.760. The molecule has 4 aliphatic carbocycles. The Morgan fingerprint density at radius 1 is 0.378 bits per heavy atom. The molecule has 0 N–H and O–H groups in total. The number of rotatable bonds is 5. The van der Waals surface area contributed by atoms with Crippen LogP contribution in [-0.2, 0) is 48.7 Å². The van der Waals surface area contributed by atoms with E-state index in [2.05, 4.69) is 287 Å². The Morgan fingerprint density at radius 3 is 1.23 bits per heavy atom. The highest BCUT2D eigenvalue weighted by Gasteiger charge is 2.50. The summed E-state index contributed by atoms with van der Waals surface area (Å²) < 4.78 is 2.64. The molecule has 0 saturated heterocycles. The summed E-state index contributed by atoms with van der Waals surface area (Å²) in [6.07, 6.45) is 9.28. The minimum absolute atomic E-state index is 0.00396. The fraction of sp³-hybridized carbons (Fsp3) is 0.435. The molecule has 0 saturated carbocycles. The van der Waals surface area contributed by atoms with E-state index < -0.39 is 0 Å². The van der Waals surface area contributed by atoms with Crippen LogP contribution in [0.3, 0.4) is 0 Å². The summed E-state index contributed by atoms with van der Waals surface area (Å²) in [6.45, 7) is 49.5. The van der Waals surface area contributed by atoms with Gasteiger partial charge >= 0.3 is 0 Å². The first-order valence-corrected chi connectivity index (χ1v) is 35.2. The number of hydrogen-bond donors (Lipinski definition) is 0. The second kappa shape index (κ2) is 19.3. The zero-order valence-corrected chi connectivity index (χ0v) is 59.0. The number of fused-ring (bicyclic) bond motifs is 11. The molecule has 0 spiro atoms. The molecular formula is C85H98BN3S. The van der Waals surface area contributed by atoms with Gasteiger partial charge in [-0.3, -0.25) is 0 Å². The molecule has 5 heteroatoms. The maximum Gasteiger partial charge on any atom is 0.252 e. The van der Waals surface area contributed by atoms with Crippen LogP contribution in [0.5, 0.6) is 0 Å². The van der Waals surface area contributed by atoms with E-state index in [4.69, 9.17) is 0 Å². The first kappa shape index (κ1) is 59.7. The highest BCUT2D eigenvalue weighted by molar-refractivity contribution is 7.25. The Kier molecular flexibility index (Phi) is 12.8. The molecule has 15 rings (SSSR count). The van der Waals surface area contributed by atoms with Crippen molar-refractivity contribution in [3.8, 4) is 0 Å². The number of hydrogen-bond acceptors (Lipinski definition) is 4. The molecule has 0 fully saturated rings. The monoisotopic (exact) mass is 1200 g/mol. The van der Waals surface area contributed by atoms with Crippen molar-refractivity contribution < 1.29 is 0 Å². The lowest BCUT2D eigenvalue weighted by atomic mass is 9.32. The van der Waals surface area contributed by atoms with Crippen LogP contribution in [0.2, 0.25) is 0 Å². The predicted octanol–water partition coefficient (Wildman–Crippen LogP) is 22.6. The van der Waals surface area contributed by atoms with E-state index in [0.29, 0.717) is 0 Å². The predicted molar refractivity (Wildman–Crippen MR) is 393 cm³/mol. The fourth-order valence-electron chi connectivity index (χ4n) is 17.9. The average molecular weight is 1200 g/mol. The third kappa shape index (κ3) is 8.97. The SMILES string of the molecule is Cc1cc(C(C)(C)C)ccc1N(c1cc2c3c(c1)N(c1ccc4c(c1)C(C)(C)CCC4(C)C)c1cc4c(cc1B3c1cc3c(cc1N2c1ccc2c(c1)C(C)(C)CCC2(C)C)C(C)(C)CCC3(C)C)C(C)(C)CCC4(C)C)c1ccc2sc3ccccc3c2c1. The topological polar surface area (TPSA) is 9.72 Å². The van der Waals surface area contributed by atoms with Crippen LogP contribution < -0.4 is 31.1 Å². The van der Waals surface area contributed by atoms with Crippen molar-refractivity contribution in [3.63, 3.8) is 0 Å². The summed E-state index contributed by atoms with van der Waals surface area (Å²) >= 11 is 1.90. The number of anilines is 9. The molecule has 0 radical (unpaired) electrons. The molecule has 0 bridgehead atoms. The Bertz CT molecular complexity index is 4330. The van der Waals surface area contributed by atoms with E-state index in [1.165, 1.54) is 151 Å². The summed E-state index contributed by atoms with van der Waals surface area (Å²) in [4.78, 5) is 8.23. The Hall–Kier alpha value is -6.56. The van der Waals surface area contributed by atoms with Gasteiger partial charge < -0.3 is 14.7 Å². The van der Waals surface area contributed by atoms with Gasteiger partial charge in [-0.1, -0.05) is 186 Å². The van der Waals surface area contributed by atoms with E-state index >= 15 is 0 Å². The van der Waals surface area contributed by atoms with Gasteiger partial charge in [0.15, 0.2) is 0 Å². The quantitative estimate of drug-likeness (QED) is 0.159. The zero-order chi connectivity index (χ0) is 63.7. The van der Waals surface area contributed by atoms with Crippen molar-refractivity contribution in [2.24, 2.45) is 0 Å². The lowest BCUT2D eigenvalue weighted by Crippen LogP contribution is -2.62. The molecule has 90 heavy (non-hydrogen) atoms. The Balaban J connectivity index is 1.13. The second-order valence-electron chi connectivity index (χ2n) is 35.3. The molecule has 0 atom stereocenters. The van der Waals surface area contributed by atoms with Gasteiger partial charge in [-0.25, -0.2) is 0 Å². The molecule has 462 valence electrons. The van der Waals surface area contributed by atoms with Crippen molar-refractivity contribution in [2.45, 2.75) is 239 Å². The zero-order valence-electron chi connectivity index (χ0n) is 58.2. The van der Waals surface area contributed by atoms with Crippen LogP contribution in [0.25, 0.3) is 20.2 Å². The van der Waals surface area contributed by atoms with Crippen LogP contribution in [0.4, 0.5) is 51.2 Å². The molecule has 2 aliphatic heterocycles. The number of thiophene rings is 1. The van der Waals surface area contributed by atoms with Gasteiger partial charge in [0.2, 0.25) is 0 Å². The van der Waals surface area contributed by atoms with Crippen molar-refractivity contribution >= 4 is 106 Å². The summed E-state index contributed by atoms with van der Waals surface area (Å²) in [5.74, 6) is 0. The largest absolute Gasteiger partial charge is 0.311 e. The van der Waals surface area contributed by atoms with Crippen molar-refractivity contribution in [3.05, 3.63) is 189 Å². The molecule has 0 unspecified atom stereocenters. The third-order valence-corrected chi connectivity index (χ3v) is 25.5. The minimum Gasteiger partial charge on any atom is -0.311 e. The number of aryl methyl sites for hydroxylation is 1. The molecule has 8 aromatic carbocycles. The van der Waals surface area contributed by atoms with Gasteiger partial charge in [0.25, 0.3) is 6.71 Å². The molecule has 6 aliphatic rings. The standard InChI is InChI=1S/C85H98BN3S/c1-51-41-52(77(2,3)4)25-31-69(51)87(53-28-32-75-58(42-53)57-23-21-22-24-74(57)90-75)56-45-72-76-73(46-56)89(55-27-30-60-62(44-55)81(11,12)36-34-79(60,7)8)71-50-66-64(83(15,16)38-40-85(66,19)20)48-68(71)86(76)67-47-63-65(84(17,18)39-37-82(63,13)14)49-70(67)88(72)54-26-29-59-61(43-54)80(9,10)35-33-78(59,5)6/h21-32,41-50H,33-40H2,1-20H3. The third-order valence-electron chi connectivity index (χ3n) is 24.4. The summed E-state index contributed by atoms with van der Waals surface area (Å²) in [7, 11) is 0. The van der Waals surface area contributed by atoms with Gasteiger partial charge in [0, 0.05) is 65.7 Å². The normalized spacial score (nSPS) is 20.5. The van der Waals surface area contributed by atoms with Gasteiger partial charge in [-0.2, -0.15) is 0 Å². The molecule has 3 nitrogen and oxygen atoms in total. The van der Waals surface area contributed by atoms with Crippen LogP contribution in [0, 0.1) is 6.92 Å². The van der Waals surface area contributed by atoms with E-state index in [1.54, 1.807) is 0 Å². The van der Waals surface area contributed by atoms with Gasteiger partial charge in [-0.15, -0.1) is 11.3 Å².